The molecule has 0 radical (unpaired) electrons. The third-order valence-corrected chi connectivity index (χ3v) is 4.02. The van der Waals surface area contributed by atoms with Gasteiger partial charge in [0, 0.05) is 13.1 Å². The van der Waals surface area contributed by atoms with Crippen molar-refractivity contribution in [2.24, 2.45) is 5.92 Å². The highest BCUT2D eigenvalue weighted by Crippen LogP contribution is 2.24. The largest absolute Gasteiger partial charge is 0.384 e. The van der Waals surface area contributed by atoms with Gasteiger partial charge in [0.15, 0.2) is 0 Å². The molecule has 0 spiro atoms. The molecular formula is C16H26N2O. The lowest BCUT2D eigenvalue weighted by Gasteiger charge is -2.37. The van der Waals surface area contributed by atoms with Crippen molar-refractivity contribution >= 4 is 0 Å². The van der Waals surface area contributed by atoms with Crippen molar-refractivity contribution < 1.29 is 5.11 Å². The van der Waals surface area contributed by atoms with Crippen LogP contribution in [0.3, 0.4) is 0 Å². The van der Waals surface area contributed by atoms with E-state index in [4.69, 9.17) is 0 Å². The van der Waals surface area contributed by atoms with Gasteiger partial charge in [-0.2, -0.15) is 0 Å². The van der Waals surface area contributed by atoms with Crippen molar-refractivity contribution in [1.29, 1.82) is 0 Å². The maximum atomic E-state index is 10.7. The zero-order chi connectivity index (χ0) is 13.7. The number of hydrogen-bond acceptors (Lipinski definition) is 3. The van der Waals surface area contributed by atoms with Crippen molar-refractivity contribution in [3.05, 3.63) is 35.9 Å². The highest BCUT2D eigenvalue weighted by atomic mass is 16.3. The first kappa shape index (κ1) is 14.5. The summed E-state index contributed by atoms with van der Waals surface area (Å²) >= 11 is 0. The monoisotopic (exact) mass is 262 g/mol. The topological polar surface area (TPSA) is 35.5 Å². The molecule has 0 saturated carbocycles. The van der Waals surface area contributed by atoms with Crippen molar-refractivity contribution in [1.82, 2.24) is 10.2 Å². The van der Waals surface area contributed by atoms with Crippen LogP contribution in [0.25, 0.3) is 0 Å². The number of hydrogen-bond donors (Lipinski definition) is 2. The van der Waals surface area contributed by atoms with Crippen molar-refractivity contribution in [2.45, 2.75) is 25.4 Å². The van der Waals surface area contributed by atoms with E-state index in [2.05, 4.69) is 10.2 Å². The normalized spacial score (nSPS) is 24.1. The predicted octanol–water partition coefficient (Wildman–Crippen LogP) is 1.83. The Balaban J connectivity index is 1.96. The summed E-state index contributed by atoms with van der Waals surface area (Å²) in [6.45, 7) is 5.90. The predicted molar refractivity (Wildman–Crippen MR) is 79.1 cm³/mol. The number of benzene rings is 1. The van der Waals surface area contributed by atoms with E-state index in [1.165, 1.54) is 12.8 Å². The van der Waals surface area contributed by atoms with Crippen LogP contribution in [0.4, 0.5) is 0 Å². The highest BCUT2D eigenvalue weighted by molar-refractivity contribution is 5.21. The molecule has 3 nitrogen and oxygen atoms in total. The van der Waals surface area contributed by atoms with Crippen molar-refractivity contribution in [2.75, 3.05) is 33.2 Å². The lowest BCUT2D eigenvalue weighted by molar-refractivity contribution is 0.00339. The Morgan fingerprint density at radius 1 is 1.37 bits per heavy atom. The van der Waals surface area contributed by atoms with Crippen LogP contribution in [0.2, 0.25) is 0 Å². The van der Waals surface area contributed by atoms with Crippen LogP contribution in [0, 0.1) is 5.92 Å². The molecule has 2 atom stereocenters. The Morgan fingerprint density at radius 2 is 2.11 bits per heavy atom. The molecule has 2 unspecified atom stereocenters. The van der Waals surface area contributed by atoms with E-state index in [1.807, 2.05) is 44.3 Å². The van der Waals surface area contributed by atoms with Crippen LogP contribution in [0.5, 0.6) is 0 Å². The second kappa shape index (κ2) is 6.51. The van der Waals surface area contributed by atoms with Crippen LogP contribution in [-0.4, -0.2) is 43.2 Å². The number of likely N-dealkylation sites (tertiary alicyclic amines) is 1. The molecule has 1 saturated heterocycles. The number of nitrogens with one attached hydrogen (secondary N) is 1. The van der Waals surface area contributed by atoms with E-state index in [1.54, 1.807) is 0 Å². The Bertz CT molecular complexity index is 376. The SMILES string of the molecule is CNCC1CCCN(CC(C)(O)c2ccccc2)C1. The van der Waals surface area contributed by atoms with Gasteiger partial charge >= 0.3 is 0 Å². The fraction of sp³-hybridized carbons (Fsp3) is 0.625. The molecule has 2 N–H and O–H groups in total. The third kappa shape index (κ3) is 4.03. The van der Waals surface area contributed by atoms with E-state index in [9.17, 15) is 5.11 Å². The molecule has 1 aromatic rings. The summed E-state index contributed by atoms with van der Waals surface area (Å²) in [6, 6.07) is 9.99. The number of rotatable bonds is 5. The maximum Gasteiger partial charge on any atom is 0.0994 e. The van der Waals surface area contributed by atoms with E-state index in [-0.39, 0.29) is 0 Å². The molecule has 1 aliphatic heterocycles. The average Bonchev–Trinajstić information content (AvgIpc) is 2.40. The van der Waals surface area contributed by atoms with Gasteiger partial charge in [-0.3, -0.25) is 4.90 Å². The van der Waals surface area contributed by atoms with Gasteiger partial charge in [0.1, 0.15) is 0 Å². The second-order valence-electron chi connectivity index (χ2n) is 5.94. The van der Waals surface area contributed by atoms with Gasteiger partial charge in [-0.05, 0) is 51.4 Å². The molecule has 0 aliphatic carbocycles. The molecule has 1 aromatic carbocycles. The fourth-order valence-corrected chi connectivity index (χ4v) is 3.07. The molecule has 19 heavy (non-hydrogen) atoms. The summed E-state index contributed by atoms with van der Waals surface area (Å²) in [5.41, 5.74) is 0.244. The maximum absolute atomic E-state index is 10.7. The van der Waals surface area contributed by atoms with Crippen molar-refractivity contribution in [3.63, 3.8) is 0 Å². The van der Waals surface area contributed by atoms with E-state index in [0.717, 1.165) is 31.7 Å². The first-order chi connectivity index (χ1) is 9.12. The second-order valence-corrected chi connectivity index (χ2v) is 5.94. The summed E-state index contributed by atoms with van der Waals surface area (Å²) in [5, 5.41) is 14.0. The minimum atomic E-state index is -0.761. The molecule has 0 amide bonds. The quantitative estimate of drug-likeness (QED) is 0.850. The third-order valence-electron chi connectivity index (χ3n) is 4.02. The van der Waals surface area contributed by atoms with Gasteiger partial charge in [0.2, 0.25) is 0 Å². The highest BCUT2D eigenvalue weighted by Gasteiger charge is 2.28. The summed E-state index contributed by atoms with van der Waals surface area (Å²) < 4.78 is 0. The zero-order valence-electron chi connectivity index (χ0n) is 12.1. The number of piperidine rings is 1. The standard InChI is InChI=1S/C16H26N2O/c1-16(19,15-8-4-3-5-9-15)13-18-10-6-7-14(12-18)11-17-2/h3-5,8-9,14,17,19H,6-7,10-13H2,1-2H3. The molecule has 106 valence electrons. The van der Waals surface area contributed by atoms with Gasteiger partial charge < -0.3 is 10.4 Å². The van der Waals surface area contributed by atoms with Crippen molar-refractivity contribution in [3.8, 4) is 0 Å². The lowest BCUT2D eigenvalue weighted by atomic mass is 9.92. The van der Waals surface area contributed by atoms with Crippen LogP contribution < -0.4 is 5.32 Å². The van der Waals surface area contributed by atoms with E-state index in [0.29, 0.717) is 5.92 Å². The summed E-state index contributed by atoms with van der Waals surface area (Å²) in [4.78, 5) is 2.40. The molecule has 0 aromatic heterocycles. The average molecular weight is 262 g/mol. The molecule has 1 aliphatic rings. The molecule has 3 heteroatoms. The first-order valence-corrected chi connectivity index (χ1v) is 7.26. The van der Waals surface area contributed by atoms with Gasteiger partial charge in [-0.25, -0.2) is 0 Å². The Labute approximate surface area is 116 Å². The van der Waals surface area contributed by atoms with Gasteiger partial charge in [0.05, 0.1) is 5.60 Å². The smallest absolute Gasteiger partial charge is 0.0994 e. The summed E-state index contributed by atoms with van der Waals surface area (Å²) in [7, 11) is 2.01. The Kier molecular flexibility index (Phi) is 4.97. The fourth-order valence-electron chi connectivity index (χ4n) is 3.07. The minimum absolute atomic E-state index is 0.713. The van der Waals surface area contributed by atoms with Crippen LogP contribution >= 0.6 is 0 Å². The van der Waals surface area contributed by atoms with Gasteiger partial charge in [0.25, 0.3) is 0 Å². The van der Waals surface area contributed by atoms with E-state index < -0.39 is 5.60 Å². The summed E-state index contributed by atoms with van der Waals surface area (Å²) in [5.74, 6) is 0.713. The molecule has 1 heterocycles. The van der Waals surface area contributed by atoms with Crippen LogP contribution in [-0.2, 0) is 5.60 Å². The van der Waals surface area contributed by atoms with Gasteiger partial charge in [-0.15, -0.1) is 0 Å². The van der Waals surface area contributed by atoms with Gasteiger partial charge in [-0.1, -0.05) is 30.3 Å². The number of aliphatic hydroxyl groups is 1. The van der Waals surface area contributed by atoms with E-state index >= 15 is 0 Å². The van der Waals surface area contributed by atoms with Crippen LogP contribution in [0.15, 0.2) is 30.3 Å². The first-order valence-electron chi connectivity index (χ1n) is 7.26. The molecular weight excluding hydrogens is 236 g/mol. The van der Waals surface area contributed by atoms with Crippen LogP contribution in [0.1, 0.15) is 25.3 Å². The number of β-amino-alcohol motifs (C(OH)–C–C–N with tert-alkyl or cyclic N) is 1. The lowest BCUT2D eigenvalue weighted by Crippen LogP contribution is -2.45. The molecule has 1 fully saturated rings. The number of nitrogens with zero attached hydrogens (tertiary/aromatic N) is 1. The zero-order valence-corrected chi connectivity index (χ0v) is 12.1. The Hall–Kier alpha value is -0.900. The molecule has 0 bridgehead atoms. The molecule has 2 rings (SSSR count). The summed E-state index contributed by atoms with van der Waals surface area (Å²) in [6.07, 6.45) is 2.53. The minimum Gasteiger partial charge on any atom is -0.384 e. The Morgan fingerprint density at radius 3 is 2.79 bits per heavy atom.